The van der Waals surface area contributed by atoms with E-state index in [1.54, 1.807) is 6.07 Å². The van der Waals surface area contributed by atoms with Gasteiger partial charge in [0.05, 0.1) is 17.4 Å². The summed E-state index contributed by atoms with van der Waals surface area (Å²) in [5, 5.41) is 16.0. The maximum absolute atomic E-state index is 14.5. The average molecular weight is 482 g/mol. The zero-order valence-electron chi connectivity index (χ0n) is 18.0. The van der Waals surface area contributed by atoms with Crippen LogP contribution in [0.15, 0.2) is 79.1 Å². The van der Waals surface area contributed by atoms with Crippen molar-refractivity contribution in [2.24, 2.45) is 5.73 Å². The predicted molar refractivity (Wildman–Crippen MR) is 121 cm³/mol. The van der Waals surface area contributed by atoms with Gasteiger partial charge in [-0.25, -0.2) is 9.07 Å². The molecule has 0 aliphatic carbocycles. The Labute approximate surface area is 195 Å². The van der Waals surface area contributed by atoms with Crippen LogP contribution in [-0.4, -0.2) is 31.5 Å². The summed E-state index contributed by atoms with van der Waals surface area (Å²) in [6.07, 6.45) is -2.25. The van der Waals surface area contributed by atoms with E-state index < -0.39 is 29.1 Å². The van der Waals surface area contributed by atoms with E-state index in [4.69, 9.17) is 5.73 Å². The molecule has 1 amide bonds. The smallest absolute Gasteiger partial charge is 0.372 e. The number of nitrogens with two attached hydrogens (primary N) is 1. The van der Waals surface area contributed by atoms with Crippen molar-refractivity contribution < 1.29 is 27.5 Å². The van der Waals surface area contributed by atoms with E-state index in [1.165, 1.54) is 82.3 Å². The molecular weight excluding hydrogens is 464 g/mol. The maximum Gasteiger partial charge on any atom is 0.425 e. The van der Waals surface area contributed by atoms with Crippen LogP contribution >= 0.6 is 0 Å². The van der Waals surface area contributed by atoms with E-state index in [-0.39, 0.29) is 17.5 Å². The van der Waals surface area contributed by atoms with Crippen LogP contribution in [-0.2, 0) is 16.9 Å². The highest BCUT2D eigenvalue weighted by Gasteiger charge is 2.57. The number of nitrogens with zero attached hydrogens (tertiary/aromatic N) is 3. The van der Waals surface area contributed by atoms with Crippen LogP contribution in [0.1, 0.15) is 11.1 Å². The highest BCUT2D eigenvalue weighted by atomic mass is 19.4. The molecule has 1 atom stereocenters. The summed E-state index contributed by atoms with van der Waals surface area (Å²) in [6, 6.07) is 14.9. The van der Waals surface area contributed by atoms with E-state index in [1.807, 2.05) is 0 Å². The molecule has 1 unspecified atom stereocenters. The van der Waals surface area contributed by atoms with Crippen LogP contribution in [0.2, 0.25) is 0 Å². The molecule has 0 saturated carbocycles. The molecule has 2 heterocycles. The van der Waals surface area contributed by atoms with Crippen LogP contribution in [0.5, 0.6) is 0 Å². The Morgan fingerprint density at radius 1 is 1.00 bits per heavy atom. The van der Waals surface area contributed by atoms with Gasteiger partial charge in [0, 0.05) is 28.0 Å². The number of carbonyl (C=O) groups excluding carboxylic acids is 1. The van der Waals surface area contributed by atoms with Gasteiger partial charge in [0.2, 0.25) is 11.5 Å². The van der Waals surface area contributed by atoms with E-state index in [2.05, 4.69) is 5.10 Å². The number of halogens is 4. The Hall–Kier alpha value is -4.18. The number of hydrogen-bond donors (Lipinski definition) is 2. The Morgan fingerprint density at radius 3 is 2.43 bits per heavy atom. The fourth-order valence-corrected chi connectivity index (χ4v) is 4.36. The maximum atomic E-state index is 14.5. The third kappa shape index (κ3) is 3.62. The summed E-state index contributed by atoms with van der Waals surface area (Å²) in [5.74, 6) is -1.08. The lowest BCUT2D eigenvalue weighted by Gasteiger charge is -2.32. The molecule has 0 radical (unpaired) electrons. The molecule has 5 rings (SSSR count). The van der Waals surface area contributed by atoms with Crippen molar-refractivity contribution in [1.29, 1.82) is 0 Å². The molecule has 0 bridgehead atoms. The van der Waals surface area contributed by atoms with Crippen molar-refractivity contribution in [3.8, 4) is 5.69 Å². The van der Waals surface area contributed by atoms with Gasteiger partial charge in [0.15, 0.2) is 0 Å². The predicted octanol–water partition coefficient (Wildman–Crippen LogP) is 4.40. The Morgan fingerprint density at radius 2 is 1.74 bits per heavy atom. The molecule has 0 aliphatic heterocycles. The third-order valence-corrected chi connectivity index (χ3v) is 6.00. The number of fused-ring (bicyclic) bond motifs is 2. The van der Waals surface area contributed by atoms with Crippen LogP contribution in [0.25, 0.3) is 27.5 Å². The number of aliphatic hydroxyl groups is 1. The number of carbonyl (C=O) groups is 1. The van der Waals surface area contributed by atoms with Gasteiger partial charge in [-0.05, 0) is 54.1 Å². The number of hydrogen-bond acceptors (Lipinski definition) is 3. The molecular formula is C25H18F4N4O2. The second kappa shape index (κ2) is 7.95. The minimum Gasteiger partial charge on any atom is -0.372 e. The van der Waals surface area contributed by atoms with Gasteiger partial charge in [-0.3, -0.25) is 4.79 Å². The average Bonchev–Trinajstić information content (AvgIpc) is 3.42. The molecule has 10 heteroatoms. The molecule has 3 N–H and O–H groups in total. The van der Waals surface area contributed by atoms with Gasteiger partial charge >= 0.3 is 6.18 Å². The number of rotatable bonds is 5. The molecule has 0 aliphatic rings. The first-order valence-electron chi connectivity index (χ1n) is 10.5. The number of benzene rings is 3. The molecule has 35 heavy (non-hydrogen) atoms. The Kier molecular flexibility index (Phi) is 5.13. The van der Waals surface area contributed by atoms with Crippen molar-refractivity contribution in [2.75, 3.05) is 0 Å². The SMILES string of the molecule is NC(=O)Cn1ccc2c(C(O)(c3ccc4c(cnn4-c4ccc(F)cc4)c3)C(F)(F)F)cccc21. The van der Waals surface area contributed by atoms with E-state index in [9.17, 15) is 27.5 Å². The summed E-state index contributed by atoms with van der Waals surface area (Å²) in [5.41, 5.74) is 2.46. The van der Waals surface area contributed by atoms with Gasteiger partial charge < -0.3 is 15.4 Å². The van der Waals surface area contributed by atoms with Crippen molar-refractivity contribution in [3.05, 3.63) is 96.1 Å². The Bertz CT molecular complexity index is 1570. The molecule has 6 nitrogen and oxygen atoms in total. The monoisotopic (exact) mass is 482 g/mol. The molecule has 178 valence electrons. The first-order chi connectivity index (χ1) is 16.6. The summed E-state index contributed by atoms with van der Waals surface area (Å²) in [7, 11) is 0. The summed E-state index contributed by atoms with van der Waals surface area (Å²) in [4.78, 5) is 11.4. The van der Waals surface area contributed by atoms with Crippen LogP contribution in [0.3, 0.4) is 0 Å². The van der Waals surface area contributed by atoms with Gasteiger partial charge in [-0.2, -0.15) is 18.3 Å². The topological polar surface area (TPSA) is 86.1 Å². The molecule has 0 saturated heterocycles. The van der Waals surface area contributed by atoms with Crippen molar-refractivity contribution in [1.82, 2.24) is 14.3 Å². The number of amides is 1. The standard InChI is InChI=1S/C25H18F4N4O2/c26-17-5-7-18(8-6-17)33-21-9-4-16(12-15(21)13-31-33)24(35,25(27,28)29)20-2-1-3-22-19(20)10-11-32(22)14-23(30)34/h1-13,35H,14H2,(H2,30,34). The molecule has 0 spiro atoms. The number of primary amides is 1. The second-order valence-corrected chi connectivity index (χ2v) is 8.16. The van der Waals surface area contributed by atoms with Gasteiger partial charge in [-0.1, -0.05) is 18.2 Å². The second-order valence-electron chi connectivity index (χ2n) is 8.16. The van der Waals surface area contributed by atoms with Gasteiger partial charge in [0.25, 0.3) is 0 Å². The molecule has 5 aromatic rings. The normalized spacial score (nSPS) is 13.9. The highest BCUT2D eigenvalue weighted by molar-refractivity contribution is 5.88. The van der Waals surface area contributed by atoms with Crippen LogP contribution < -0.4 is 5.73 Å². The Balaban J connectivity index is 1.68. The van der Waals surface area contributed by atoms with Crippen molar-refractivity contribution >= 4 is 27.7 Å². The van der Waals surface area contributed by atoms with E-state index in [0.717, 1.165) is 0 Å². The summed E-state index contributed by atoms with van der Waals surface area (Å²) >= 11 is 0. The zero-order valence-corrected chi connectivity index (χ0v) is 18.0. The third-order valence-electron chi connectivity index (χ3n) is 6.00. The zero-order chi connectivity index (χ0) is 25.0. The van der Waals surface area contributed by atoms with E-state index in [0.29, 0.717) is 22.1 Å². The lowest BCUT2D eigenvalue weighted by Crippen LogP contribution is -2.43. The van der Waals surface area contributed by atoms with Crippen molar-refractivity contribution in [2.45, 2.75) is 18.3 Å². The number of alkyl halides is 3. The number of aromatic nitrogens is 3. The van der Waals surface area contributed by atoms with Crippen LogP contribution in [0.4, 0.5) is 17.6 Å². The fourth-order valence-electron chi connectivity index (χ4n) is 4.36. The molecule has 0 fully saturated rings. The first-order valence-corrected chi connectivity index (χ1v) is 10.5. The fraction of sp³-hybridized carbons (Fsp3) is 0.120. The molecule has 2 aromatic heterocycles. The van der Waals surface area contributed by atoms with Crippen LogP contribution in [0, 0.1) is 5.82 Å². The van der Waals surface area contributed by atoms with Gasteiger partial charge in [-0.15, -0.1) is 0 Å². The van der Waals surface area contributed by atoms with E-state index >= 15 is 0 Å². The van der Waals surface area contributed by atoms with Gasteiger partial charge in [0.1, 0.15) is 12.4 Å². The van der Waals surface area contributed by atoms with Crippen molar-refractivity contribution in [3.63, 3.8) is 0 Å². The minimum absolute atomic E-state index is 0.135. The lowest BCUT2D eigenvalue weighted by atomic mass is 9.83. The molecule has 3 aromatic carbocycles. The minimum atomic E-state index is -5.08. The highest BCUT2D eigenvalue weighted by Crippen LogP contribution is 2.47. The summed E-state index contributed by atoms with van der Waals surface area (Å²) < 4.78 is 59.8. The lowest BCUT2D eigenvalue weighted by molar-refractivity contribution is -0.247. The first kappa shape index (κ1) is 22.6. The summed E-state index contributed by atoms with van der Waals surface area (Å²) in [6.45, 7) is -0.216. The quantitative estimate of drug-likeness (QED) is 0.364. The largest absolute Gasteiger partial charge is 0.425 e.